The van der Waals surface area contributed by atoms with E-state index in [2.05, 4.69) is 5.32 Å². The minimum atomic E-state index is -0.978. The Hall–Kier alpha value is -4.00. The van der Waals surface area contributed by atoms with E-state index in [0.717, 1.165) is 5.56 Å². The molecule has 0 aliphatic heterocycles. The molecule has 2 unspecified atom stereocenters. The maximum Gasteiger partial charge on any atom is 0.341 e. The zero-order chi connectivity index (χ0) is 27.8. The fraction of sp³-hybridized carbons (Fsp3) is 0.161. The first-order valence-electron chi connectivity index (χ1n) is 12.2. The summed E-state index contributed by atoms with van der Waals surface area (Å²) in [5.41, 5.74) is 2.12. The summed E-state index contributed by atoms with van der Waals surface area (Å²) in [7, 11) is 3.13. The molecule has 0 fully saturated rings. The van der Waals surface area contributed by atoms with Crippen molar-refractivity contribution in [3.05, 3.63) is 124 Å². The van der Waals surface area contributed by atoms with Gasteiger partial charge < -0.3 is 19.5 Å². The number of carbonyl (C=O) groups is 2. The number of nitrogens with one attached hydrogen (secondary N) is 1. The average Bonchev–Trinajstić information content (AvgIpc) is 2.96. The van der Waals surface area contributed by atoms with Crippen LogP contribution < -0.4 is 14.8 Å². The van der Waals surface area contributed by atoms with E-state index in [1.807, 2.05) is 30.3 Å². The number of rotatable bonds is 10. The van der Waals surface area contributed by atoms with E-state index in [-0.39, 0.29) is 21.5 Å². The Bertz CT molecular complexity index is 1390. The highest BCUT2D eigenvalue weighted by Crippen LogP contribution is 2.35. The normalized spacial score (nSPS) is 12.2. The standard InChI is InChI=1S/C31H27Cl2NO5/c1-37-23-15-11-21(12-16-23)29(39-31(36)28-26(32)9-6-10-27(28)33)25(19-20-7-4-3-5-8-20)30(35)34-22-13-17-24(38-2)18-14-22/h3-18,25,29H,19H2,1-2H3,(H,34,35). The van der Waals surface area contributed by atoms with Crippen molar-refractivity contribution in [3.8, 4) is 11.5 Å². The van der Waals surface area contributed by atoms with Crippen LogP contribution in [0.5, 0.6) is 11.5 Å². The Balaban J connectivity index is 1.74. The summed E-state index contributed by atoms with van der Waals surface area (Å²) >= 11 is 12.6. The quantitative estimate of drug-likeness (QED) is 0.203. The summed E-state index contributed by atoms with van der Waals surface area (Å²) in [4.78, 5) is 27.3. The molecule has 0 aliphatic carbocycles. The second-order valence-corrected chi connectivity index (χ2v) is 9.52. The molecule has 6 nitrogen and oxygen atoms in total. The molecule has 4 rings (SSSR count). The predicted octanol–water partition coefficient (Wildman–Crippen LogP) is 7.41. The lowest BCUT2D eigenvalue weighted by atomic mass is 9.88. The van der Waals surface area contributed by atoms with E-state index in [1.54, 1.807) is 80.9 Å². The zero-order valence-electron chi connectivity index (χ0n) is 21.4. The third-order valence-electron chi connectivity index (χ3n) is 6.20. The van der Waals surface area contributed by atoms with Crippen LogP contribution in [0, 0.1) is 5.92 Å². The van der Waals surface area contributed by atoms with E-state index in [0.29, 0.717) is 29.2 Å². The number of hydrogen-bond donors (Lipinski definition) is 1. The van der Waals surface area contributed by atoms with Crippen LogP contribution in [-0.4, -0.2) is 26.1 Å². The second-order valence-electron chi connectivity index (χ2n) is 8.71. The van der Waals surface area contributed by atoms with Crippen molar-refractivity contribution in [2.45, 2.75) is 12.5 Å². The Morgan fingerprint density at radius 2 is 1.31 bits per heavy atom. The van der Waals surface area contributed by atoms with E-state index in [9.17, 15) is 9.59 Å². The van der Waals surface area contributed by atoms with Gasteiger partial charge in [0.25, 0.3) is 0 Å². The van der Waals surface area contributed by atoms with Crippen LogP contribution in [0.4, 0.5) is 5.69 Å². The summed E-state index contributed by atoms with van der Waals surface area (Å²) in [5, 5.41) is 3.27. The molecule has 8 heteroatoms. The molecule has 0 aliphatic rings. The highest BCUT2D eigenvalue weighted by molar-refractivity contribution is 6.39. The fourth-order valence-corrected chi connectivity index (χ4v) is 4.71. The molecule has 200 valence electrons. The number of hydrogen-bond acceptors (Lipinski definition) is 5. The summed E-state index contributed by atoms with van der Waals surface area (Å²) in [6, 6.07) is 28.3. The molecule has 0 radical (unpaired) electrons. The molecular formula is C31H27Cl2NO5. The average molecular weight is 564 g/mol. The number of anilines is 1. The third kappa shape index (κ3) is 7.11. The minimum Gasteiger partial charge on any atom is -0.497 e. The lowest BCUT2D eigenvalue weighted by Crippen LogP contribution is -2.33. The van der Waals surface area contributed by atoms with Crippen LogP contribution in [0.15, 0.2) is 97.1 Å². The molecule has 39 heavy (non-hydrogen) atoms. The van der Waals surface area contributed by atoms with Gasteiger partial charge >= 0.3 is 5.97 Å². The molecule has 0 saturated carbocycles. The van der Waals surface area contributed by atoms with Crippen molar-refractivity contribution < 1.29 is 23.8 Å². The molecule has 1 amide bonds. The van der Waals surface area contributed by atoms with Crippen molar-refractivity contribution >= 4 is 40.8 Å². The first-order chi connectivity index (χ1) is 18.9. The minimum absolute atomic E-state index is 0.0355. The summed E-state index contributed by atoms with van der Waals surface area (Å²) < 4.78 is 16.6. The molecule has 1 N–H and O–H groups in total. The number of methoxy groups -OCH3 is 2. The first kappa shape index (κ1) is 28.0. The second kappa shape index (κ2) is 13.2. The SMILES string of the molecule is COc1ccc(NC(=O)C(Cc2ccccc2)C(OC(=O)c2c(Cl)cccc2Cl)c2ccc(OC)cc2)cc1. The number of benzene rings is 4. The number of ether oxygens (including phenoxy) is 3. The summed E-state index contributed by atoms with van der Waals surface area (Å²) in [6.45, 7) is 0. The number of halogens is 2. The summed E-state index contributed by atoms with van der Waals surface area (Å²) in [6.07, 6.45) is -0.683. The third-order valence-corrected chi connectivity index (χ3v) is 6.83. The summed E-state index contributed by atoms with van der Waals surface area (Å²) in [5.74, 6) is -0.589. The van der Waals surface area contributed by atoms with Crippen LogP contribution in [0.3, 0.4) is 0 Å². The Labute approximate surface area is 237 Å². The highest BCUT2D eigenvalue weighted by Gasteiger charge is 2.34. The van der Waals surface area contributed by atoms with Gasteiger partial charge in [-0.05, 0) is 66.1 Å². The van der Waals surface area contributed by atoms with Gasteiger partial charge in [-0.3, -0.25) is 4.79 Å². The van der Waals surface area contributed by atoms with Gasteiger partial charge in [0.2, 0.25) is 5.91 Å². The molecule has 0 aromatic heterocycles. The van der Waals surface area contributed by atoms with Crippen molar-refractivity contribution in [3.63, 3.8) is 0 Å². The van der Waals surface area contributed by atoms with Gasteiger partial charge in [-0.25, -0.2) is 4.79 Å². The molecule has 0 heterocycles. The van der Waals surface area contributed by atoms with Gasteiger partial charge in [-0.1, -0.05) is 71.7 Å². The van der Waals surface area contributed by atoms with E-state index in [1.165, 1.54) is 0 Å². The van der Waals surface area contributed by atoms with Gasteiger partial charge in [-0.2, -0.15) is 0 Å². The van der Waals surface area contributed by atoms with Gasteiger partial charge in [-0.15, -0.1) is 0 Å². The topological polar surface area (TPSA) is 73.9 Å². The largest absolute Gasteiger partial charge is 0.497 e. The van der Waals surface area contributed by atoms with Gasteiger partial charge in [0.15, 0.2) is 0 Å². The van der Waals surface area contributed by atoms with Crippen LogP contribution >= 0.6 is 23.2 Å². The van der Waals surface area contributed by atoms with Crippen molar-refractivity contribution in [1.29, 1.82) is 0 Å². The molecular weight excluding hydrogens is 537 g/mol. The van der Waals surface area contributed by atoms with E-state index in [4.69, 9.17) is 37.4 Å². The van der Waals surface area contributed by atoms with Crippen molar-refractivity contribution in [2.24, 2.45) is 5.92 Å². The molecule has 4 aromatic rings. The maximum atomic E-state index is 13.9. The van der Waals surface area contributed by atoms with Gasteiger partial charge in [0.1, 0.15) is 17.6 Å². The van der Waals surface area contributed by atoms with Crippen molar-refractivity contribution in [2.75, 3.05) is 19.5 Å². The van der Waals surface area contributed by atoms with Crippen LogP contribution in [0.1, 0.15) is 27.6 Å². The maximum absolute atomic E-state index is 13.9. The smallest absolute Gasteiger partial charge is 0.341 e. The zero-order valence-corrected chi connectivity index (χ0v) is 22.9. The number of carbonyl (C=O) groups excluding carboxylic acids is 2. The predicted molar refractivity (Wildman–Crippen MR) is 153 cm³/mol. The van der Waals surface area contributed by atoms with E-state index < -0.39 is 18.0 Å². The van der Waals surface area contributed by atoms with Crippen LogP contribution in [0.25, 0.3) is 0 Å². The van der Waals surface area contributed by atoms with Gasteiger partial charge in [0, 0.05) is 5.69 Å². The Morgan fingerprint density at radius 3 is 1.87 bits per heavy atom. The van der Waals surface area contributed by atoms with E-state index >= 15 is 0 Å². The molecule has 0 saturated heterocycles. The number of amides is 1. The van der Waals surface area contributed by atoms with Gasteiger partial charge in [0.05, 0.1) is 35.7 Å². The Kier molecular flexibility index (Phi) is 9.47. The lowest BCUT2D eigenvalue weighted by Gasteiger charge is -2.27. The number of esters is 1. The first-order valence-corrected chi connectivity index (χ1v) is 12.9. The molecule has 0 bridgehead atoms. The lowest BCUT2D eigenvalue weighted by molar-refractivity contribution is -0.123. The molecule has 4 aromatic carbocycles. The van der Waals surface area contributed by atoms with Crippen LogP contribution in [0.2, 0.25) is 10.0 Å². The molecule has 2 atom stereocenters. The van der Waals surface area contributed by atoms with Crippen molar-refractivity contribution in [1.82, 2.24) is 0 Å². The Morgan fingerprint density at radius 1 is 0.744 bits per heavy atom. The highest BCUT2D eigenvalue weighted by atomic mass is 35.5. The monoisotopic (exact) mass is 563 g/mol. The fourth-order valence-electron chi connectivity index (χ4n) is 4.16. The molecule has 0 spiro atoms. The van der Waals surface area contributed by atoms with Crippen LogP contribution in [-0.2, 0) is 16.0 Å².